The Morgan fingerprint density at radius 1 is 1.12 bits per heavy atom. The second kappa shape index (κ2) is 11.2. The van der Waals surface area contributed by atoms with Crippen LogP contribution in [0.3, 0.4) is 0 Å². The van der Waals surface area contributed by atoms with Gasteiger partial charge in [0.05, 0.1) is 12.1 Å². The van der Waals surface area contributed by atoms with Gasteiger partial charge in [0.25, 0.3) is 5.91 Å². The van der Waals surface area contributed by atoms with Crippen molar-refractivity contribution in [2.75, 3.05) is 6.54 Å². The molecule has 0 heterocycles. The molecular formula is C24H36F3N3O2. The van der Waals surface area contributed by atoms with E-state index in [1.165, 1.54) is 12.1 Å². The van der Waals surface area contributed by atoms with Gasteiger partial charge in [0.1, 0.15) is 0 Å². The van der Waals surface area contributed by atoms with Gasteiger partial charge in [-0.3, -0.25) is 9.59 Å². The van der Waals surface area contributed by atoms with Crippen molar-refractivity contribution in [3.05, 3.63) is 35.4 Å². The maximum atomic E-state index is 12.8. The first-order valence-corrected chi connectivity index (χ1v) is 11.4. The average Bonchev–Trinajstić information content (AvgIpc) is 2.70. The Morgan fingerprint density at radius 2 is 1.84 bits per heavy atom. The van der Waals surface area contributed by atoms with E-state index in [0.717, 1.165) is 50.7 Å². The Hall–Kier alpha value is -2.09. The smallest absolute Gasteiger partial charge is 0.352 e. The number of hydrogen-bond acceptors (Lipinski definition) is 3. The van der Waals surface area contributed by atoms with Crippen molar-refractivity contribution in [3.63, 3.8) is 0 Å². The number of unbranched alkanes of at least 4 members (excludes halogenated alkanes) is 1. The van der Waals surface area contributed by atoms with E-state index in [-0.39, 0.29) is 29.6 Å². The highest BCUT2D eigenvalue weighted by atomic mass is 19.4. The largest absolute Gasteiger partial charge is 0.416 e. The fraction of sp³-hybridized carbons (Fsp3) is 0.667. The zero-order valence-corrected chi connectivity index (χ0v) is 19.4. The van der Waals surface area contributed by atoms with Gasteiger partial charge in [0.2, 0.25) is 5.91 Å². The minimum atomic E-state index is -4.53. The molecule has 3 N–H and O–H groups in total. The number of carbonyl (C=O) groups is 2. The fourth-order valence-electron chi connectivity index (χ4n) is 4.34. The molecule has 0 aliphatic heterocycles. The summed E-state index contributed by atoms with van der Waals surface area (Å²) in [5.74, 6) is -0.669. The molecule has 1 aliphatic carbocycles. The van der Waals surface area contributed by atoms with Crippen LogP contribution in [0.4, 0.5) is 13.2 Å². The molecule has 1 fully saturated rings. The highest BCUT2D eigenvalue weighted by molar-refractivity contribution is 5.96. The number of rotatable bonds is 8. The van der Waals surface area contributed by atoms with Crippen LogP contribution in [0.5, 0.6) is 0 Å². The normalized spacial score (nSPS) is 21.8. The fourth-order valence-corrected chi connectivity index (χ4v) is 4.34. The lowest BCUT2D eigenvalue weighted by molar-refractivity contribution is -0.137. The summed E-state index contributed by atoms with van der Waals surface area (Å²) in [6, 6.07) is 4.62. The summed E-state index contributed by atoms with van der Waals surface area (Å²) in [6.45, 7) is 8.32. The molecule has 5 nitrogen and oxygen atoms in total. The Kier molecular flexibility index (Phi) is 9.13. The molecule has 2 rings (SSSR count). The summed E-state index contributed by atoms with van der Waals surface area (Å²) in [7, 11) is 0. The van der Waals surface area contributed by atoms with Gasteiger partial charge in [-0.2, -0.15) is 13.2 Å². The highest BCUT2D eigenvalue weighted by Gasteiger charge is 2.33. The van der Waals surface area contributed by atoms with Crippen LogP contribution in [0.2, 0.25) is 0 Å². The molecule has 0 aromatic heterocycles. The first-order chi connectivity index (χ1) is 14.9. The van der Waals surface area contributed by atoms with Gasteiger partial charge in [-0.1, -0.05) is 25.8 Å². The molecule has 0 saturated heterocycles. The molecule has 3 atom stereocenters. The number of halogens is 3. The Balaban J connectivity index is 1.91. The Bertz CT molecular complexity index is 774. The molecule has 0 bridgehead atoms. The second-order valence-corrected chi connectivity index (χ2v) is 9.74. The SMILES string of the molecule is CCCCC1CC(NC(C)(C)C)CCC1NC(=O)CNC(=O)c1cccc(C(F)(F)F)c1. The van der Waals surface area contributed by atoms with E-state index < -0.39 is 17.6 Å². The minimum Gasteiger partial charge on any atom is -0.352 e. The molecule has 1 saturated carbocycles. The summed E-state index contributed by atoms with van der Waals surface area (Å²) in [5, 5.41) is 9.14. The van der Waals surface area contributed by atoms with Crippen LogP contribution in [-0.4, -0.2) is 36.0 Å². The first-order valence-electron chi connectivity index (χ1n) is 11.4. The van der Waals surface area contributed by atoms with E-state index in [9.17, 15) is 22.8 Å². The van der Waals surface area contributed by atoms with Crippen molar-refractivity contribution in [3.8, 4) is 0 Å². The van der Waals surface area contributed by atoms with E-state index in [0.29, 0.717) is 12.0 Å². The van der Waals surface area contributed by atoms with Gasteiger partial charge < -0.3 is 16.0 Å². The van der Waals surface area contributed by atoms with Crippen molar-refractivity contribution in [2.45, 2.75) is 90.0 Å². The Labute approximate surface area is 188 Å². The predicted octanol–water partition coefficient (Wildman–Crippen LogP) is 4.67. The predicted molar refractivity (Wildman–Crippen MR) is 119 cm³/mol. The van der Waals surface area contributed by atoms with Crippen molar-refractivity contribution in [1.29, 1.82) is 0 Å². The van der Waals surface area contributed by atoms with E-state index in [4.69, 9.17) is 0 Å². The van der Waals surface area contributed by atoms with Gasteiger partial charge in [0, 0.05) is 23.2 Å². The van der Waals surface area contributed by atoms with Crippen LogP contribution < -0.4 is 16.0 Å². The van der Waals surface area contributed by atoms with Gasteiger partial charge >= 0.3 is 6.18 Å². The molecule has 3 unspecified atom stereocenters. The first kappa shape index (κ1) is 26.2. The lowest BCUT2D eigenvalue weighted by atomic mass is 9.78. The average molecular weight is 456 g/mol. The third-order valence-corrected chi connectivity index (χ3v) is 5.76. The molecule has 8 heteroatoms. The van der Waals surface area contributed by atoms with Crippen LogP contribution in [0.15, 0.2) is 24.3 Å². The summed E-state index contributed by atoms with van der Waals surface area (Å²) in [5.41, 5.74) is -0.986. The molecular weight excluding hydrogens is 419 g/mol. The highest BCUT2D eigenvalue weighted by Crippen LogP contribution is 2.31. The van der Waals surface area contributed by atoms with Gasteiger partial charge in [-0.25, -0.2) is 0 Å². The molecule has 0 spiro atoms. The van der Waals surface area contributed by atoms with Crippen molar-refractivity contribution >= 4 is 11.8 Å². The number of nitrogens with one attached hydrogen (secondary N) is 3. The number of alkyl halides is 3. The lowest BCUT2D eigenvalue weighted by Crippen LogP contribution is -2.52. The van der Waals surface area contributed by atoms with Crippen LogP contribution in [0, 0.1) is 5.92 Å². The summed E-state index contributed by atoms with van der Waals surface area (Å²) in [4.78, 5) is 24.7. The molecule has 0 radical (unpaired) electrons. The van der Waals surface area contributed by atoms with E-state index in [1.807, 2.05) is 0 Å². The third-order valence-electron chi connectivity index (χ3n) is 5.76. The number of hydrogen-bond donors (Lipinski definition) is 3. The minimum absolute atomic E-state index is 0.0315. The van der Waals surface area contributed by atoms with Crippen LogP contribution >= 0.6 is 0 Å². The summed E-state index contributed by atoms with van der Waals surface area (Å²) in [6.07, 6.45) is 1.48. The zero-order valence-electron chi connectivity index (χ0n) is 19.4. The Morgan fingerprint density at radius 3 is 2.47 bits per heavy atom. The summed E-state index contributed by atoms with van der Waals surface area (Å²) >= 11 is 0. The van der Waals surface area contributed by atoms with E-state index >= 15 is 0 Å². The van der Waals surface area contributed by atoms with E-state index in [1.54, 1.807) is 0 Å². The summed E-state index contributed by atoms with van der Waals surface area (Å²) < 4.78 is 38.5. The monoisotopic (exact) mass is 455 g/mol. The lowest BCUT2D eigenvalue weighted by Gasteiger charge is -2.40. The van der Waals surface area contributed by atoms with Gasteiger partial charge in [0.15, 0.2) is 0 Å². The number of amides is 2. The second-order valence-electron chi connectivity index (χ2n) is 9.74. The molecule has 180 valence electrons. The van der Waals surface area contributed by atoms with E-state index in [2.05, 4.69) is 43.6 Å². The molecule has 32 heavy (non-hydrogen) atoms. The van der Waals surface area contributed by atoms with Crippen LogP contribution in [0.25, 0.3) is 0 Å². The number of benzene rings is 1. The molecule has 2 amide bonds. The van der Waals surface area contributed by atoms with Crippen molar-refractivity contribution in [2.24, 2.45) is 5.92 Å². The van der Waals surface area contributed by atoms with Gasteiger partial charge in [-0.05, 0) is 70.6 Å². The van der Waals surface area contributed by atoms with Crippen molar-refractivity contribution in [1.82, 2.24) is 16.0 Å². The number of carbonyl (C=O) groups excluding carboxylic acids is 2. The van der Waals surface area contributed by atoms with Crippen molar-refractivity contribution < 1.29 is 22.8 Å². The maximum absolute atomic E-state index is 12.8. The van der Waals surface area contributed by atoms with Crippen LogP contribution in [0.1, 0.15) is 82.1 Å². The molecule has 1 aromatic rings. The maximum Gasteiger partial charge on any atom is 0.416 e. The quantitative estimate of drug-likeness (QED) is 0.534. The standard InChI is InChI=1S/C24H36F3N3O2/c1-5-6-8-16-14-19(30-23(2,3)4)11-12-20(16)29-21(31)15-28-22(32)17-9-7-10-18(13-17)24(25,26)27/h7,9-10,13,16,19-20,30H,5-6,8,11-12,14-15H2,1-4H3,(H,28,32)(H,29,31). The topological polar surface area (TPSA) is 70.2 Å². The zero-order chi connectivity index (χ0) is 23.9. The van der Waals surface area contributed by atoms with Crippen LogP contribution in [-0.2, 0) is 11.0 Å². The third kappa shape index (κ3) is 8.45. The molecule has 1 aromatic carbocycles. The van der Waals surface area contributed by atoms with Gasteiger partial charge in [-0.15, -0.1) is 0 Å². The molecule has 1 aliphatic rings.